The average Bonchev–Trinajstić information content (AvgIpc) is 2.04. The average molecular weight is 189 g/mol. The Balaban J connectivity index is 2.61. The van der Waals surface area contributed by atoms with E-state index in [1.807, 2.05) is 0 Å². The highest BCUT2D eigenvalue weighted by molar-refractivity contribution is 5.15. The lowest BCUT2D eigenvalue weighted by atomic mass is 10.1. The summed E-state index contributed by atoms with van der Waals surface area (Å²) in [6.07, 6.45) is -2.68. The standard InChI is InChI=1S/C9H10F3N/c10-8(9(11,12)13)6-7-4-2-1-3-5-7/h1-5,8H,6,13H2. The summed E-state index contributed by atoms with van der Waals surface area (Å²) in [5.74, 6) is 0. The van der Waals surface area contributed by atoms with E-state index < -0.39 is 12.2 Å². The van der Waals surface area contributed by atoms with Gasteiger partial charge in [-0.1, -0.05) is 30.3 Å². The van der Waals surface area contributed by atoms with Crippen LogP contribution in [-0.2, 0) is 6.42 Å². The number of rotatable bonds is 3. The van der Waals surface area contributed by atoms with Crippen molar-refractivity contribution < 1.29 is 13.2 Å². The molecule has 1 atom stereocenters. The fourth-order valence-corrected chi connectivity index (χ4v) is 0.957. The molecule has 4 heteroatoms. The molecule has 0 heterocycles. The molecule has 0 aliphatic carbocycles. The molecule has 0 aliphatic rings. The van der Waals surface area contributed by atoms with E-state index in [1.165, 1.54) is 0 Å². The maximum Gasteiger partial charge on any atom is 0.331 e. The molecule has 0 spiro atoms. The van der Waals surface area contributed by atoms with Crippen molar-refractivity contribution in [1.82, 2.24) is 0 Å². The second-order valence-electron chi connectivity index (χ2n) is 2.83. The summed E-state index contributed by atoms with van der Waals surface area (Å²) in [5.41, 5.74) is 4.83. The normalized spacial score (nSPS) is 14.2. The first-order chi connectivity index (χ1) is 6.00. The maximum atomic E-state index is 12.7. The van der Waals surface area contributed by atoms with Gasteiger partial charge in [0.25, 0.3) is 0 Å². The third kappa shape index (κ3) is 3.06. The Morgan fingerprint density at radius 1 is 1.23 bits per heavy atom. The van der Waals surface area contributed by atoms with Crippen molar-refractivity contribution in [3.8, 4) is 0 Å². The van der Waals surface area contributed by atoms with Crippen LogP contribution in [-0.4, -0.2) is 12.2 Å². The number of hydrogen-bond acceptors (Lipinski definition) is 1. The van der Waals surface area contributed by atoms with Gasteiger partial charge in [-0.2, -0.15) is 8.78 Å². The van der Waals surface area contributed by atoms with E-state index in [-0.39, 0.29) is 6.42 Å². The summed E-state index contributed by atoms with van der Waals surface area (Å²) in [7, 11) is 0. The zero-order valence-electron chi connectivity index (χ0n) is 6.88. The predicted octanol–water partition coefficient (Wildman–Crippen LogP) is 2.12. The van der Waals surface area contributed by atoms with E-state index in [9.17, 15) is 13.2 Å². The molecule has 0 radical (unpaired) electrons. The lowest BCUT2D eigenvalue weighted by Gasteiger charge is -2.15. The van der Waals surface area contributed by atoms with Gasteiger partial charge >= 0.3 is 6.05 Å². The van der Waals surface area contributed by atoms with Crippen LogP contribution in [0, 0.1) is 0 Å². The van der Waals surface area contributed by atoms with Gasteiger partial charge in [-0.15, -0.1) is 0 Å². The van der Waals surface area contributed by atoms with Gasteiger partial charge in [0.05, 0.1) is 0 Å². The van der Waals surface area contributed by atoms with Gasteiger partial charge in [0.1, 0.15) is 0 Å². The number of nitrogens with two attached hydrogens (primary N) is 1. The molecule has 1 aromatic rings. The Labute approximate surface area is 74.4 Å². The molecule has 2 N–H and O–H groups in total. The van der Waals surface area contributed by atoms with Crippen molar-refractivity contribution >= 4 is 0 Å². The van der Waals surface area contributed by atoms with Crippen LogP contribution in [0.1, 0.15) is 5.56 Å². The molecule has 1 unspecified atom stereocenters. The minimum atomic E-state index is -3.75. The van der Waals surface area contributed by atoms with Crippen LogP contribution in [0.2, 0.25) is 0 Å². The maximum absolute atomic E-state index is 12.7. The molecule has 0 saturated heterocycles. The van der Waals surface area contributed by atoms with E-state index in [0.717, 1.165) is 0 Å². The molecule has 1 aromatic carbocycles. The second kappa shape index (κ2) is 3.79. The Morgan fingerprint density at radius 2 is 1.77 bits per heavy atom. The molecule has 0 amide bonds. The van der Waals surface area contributed by atoms with Gasteiger partial charge < -0.3 is 0 Å². The summed E-state index contributed by atoms with van der Waals surface area (Å²) in [5, 5.41) is 0. The van der Waals surface area contributed by atoms with Crippen molar-refractivity contribution in [1.29, 1.82) is 0 Å². The van der Waals surface area contributed by atoms with Gasteiger partial charge in [0, 0.05) is 6.42 Å². The minimum Gasteiger partial charge on any atom is -0.270 e. The number of halogens is 3. The van der Waals surface area contributed by atoms with E-state index in [2.05, 4.69) is 5.73 Å². The Bertz CT molecular complexity index is 255. The van der Waals surface area contributed by atoms with Crippen LogP contribution in [0.25, 0.3) is 0 Å². The molecule has 1 nitrogen and oxygen atoms in total. The van der Waals surface area contributed by atoms with Gasteiger partial charge in [-0.25, -0.2) is 4.39 Å². The van der Waals surface area contributed by atoms with E-state index >= 15 is 0 Å². The smallest absolute Gasteiger partial charge is 0.270 e. The molecule has 0 aliphatic heterocycles. The summed E-state index contributed by atoms with van der Waals surface area (Å²) < 4.78 is 37.1. The zero-order chi connectivity index (χ0) is 9.90. The Hall–Kier alpha value is -1.03. The van der Waals surface area contributed by atoms with Gasteiger partial charge in [-0.3, -0.25) is 5.73 Å². The van der Waals surface area contributed by atoms with Gasteiger partial charge in [0.2, 0.25) is 0 Å². The highest BCUT2D eigenvalue weighted by atomic mass is 19.3. The third-order valence-corrected chi connectivity index (χ3v) is 1.68. The van der Waals surface area contributed by atoms with Crippen molar-refractivity contribution in [3.05, 3.63) is 35.9 Å². The van der Waals surface area contributed by atoms with E-state index in [4.69, 9.17) is 0 Å². The first-order valence-electron chi connectivity index (χ1n) is 3.85. The molecule has 13 heavy (non-hydrogen) atoms. The van der Waals surface area contributed by atoms with Crippen molar-refractivity contribution in [2.75, 3.05) is 0 Å². The molecule has 72 valence electrons. The molecule has 1 rings (SSSR count). The predicted molar refractivity (Wildman–Crippen MR) is 44.2 cm³/mol. The molecule has 0 aromatic heterocycles. The van der Waals surface area contributed by atoms with Crippen LogP contribution in [0.3, 0.4) is 0 Å². The number of hydrogen-bond donors (Lipinski definition) is 1. The molecule has 0 fully saturated rings. The zero-order valence-corrected chi connectivity index (χ0v) is 6.88. The molecular formula is C9H10F3N. The largest absolute Gasteiger partial charge is 0.331 e. The lowest BCUT2D eigenvalue weighted by molar-refractivity contribution is -0.0658. The van der Waals surface area contributed by atoms with Crippen LogP contribution in [0.15, 0.2) is 30.3 Å². The first kappa shape index (κ1) is 10.1. The van der Waals surface area contributed by atoms with Crippen molar-refractivity contribution in [2.45, 2.75) is 18.6 Å². The van der Waals surface area contributed by atoms with Crippen LogP contribution >= 0.6 is 0 Å². The van der Waals surface area contributed by atoms with E-state index in [1.54, 1.807) is 30.3 Å². The Morgan fingerprint density at radius 3 is 2.23 bits per heavy atom. The highest BCUT2D eigenvalue weighted by Gasteiger charge is 2.34. The fraction of sp³-hybridized carbons (Fsp3) is 0.333. The monoisotopic (exact) mass is 189 g/mol. The first-order valence-corrected chi connectivity index (χ1v) is 3.85. The second-order valence-corrected chi connectivity index (χ2v) is 2.83. The summed E-state index contributed by atoms with van der Waals surface area (Å²) >= 11 is 0. The van der Waals surface area contributed by atoms with Crippen molar-refractivity contribution in [2.24, 2.45) is 5.73 Å². The van der Waals surface area contributed by atoms with E-state index in [0.29, 0.717) is 5.56 Å². The van der Waals surface area contributed by atoms with Gasteiger partial charge in [-0.05, 0) is 5.56 Å². The SMILES string of the molecule is NC(F)(F)C(F)Cc1ccccc1. The topological polar surface area (TPSA) is 26.0 Å². The summed E-state index contributed by atoms with van der Waals surface area (Å²) in [4.78, 5) is 0. The minimum absolute atomic E-state index is 0.357. The van der Waals surface area contributed by atoms with Gasteiger partial charge in [0.15, 0.2) is 6.17 Å². The molecule has 0 bridgehead atoms. The van der Waals surface area contributed by atoms with Crippen LogP contribution in [0.4, 0.5) is 13.2 Å². The Kier molecular flexibility index (Phi) is 2.93. The van der Waals surface area contributed by atoms with Crippen LogP contribution in [0.5, 0.6) is 0 Å². The summed E-state index contributed by atoms with van der Waals surface area (Å²) in [6, 6.07) is 4.47. The number of benzene rings is 1. The van der Waals surface area contributed by atoms with Crippen molar-refractivity contribution in [3.63, 3.8) is 0 Å². The fourth-order valence-electron chi connectivity index (χ4n) is 0.957. The summed E-state index contributed by atoms with van der Waals surface area (Å²) in [6.45, 7) is 0. The lowest BCUT2D eigenvalue weighted by Crippen LogP contribution is -2.40. The molecule has 0 saturated carbocycles. The quantitative estimate of drug-likeness (QED) is 0.724. The van der Waals surface area contributed by atoms with Crippen LogP contribution < -0.4 is 5.73 Å². The molecular weight excluding hydrogens is 179 g/mol. The highest BCUT2D eigenvalue weighted by Crippen LogP contribution is 2.18. The number of alkyl halides is 3. The third-order valence-electron chi connectivity index (χ3n) is 1.68.